The van der Waals surface area contributed by atoms with Crippen LogP contribution in [-0.2, 0) is 0 Å². The molecule has 0 amide bonds. The van der Waals surface area contributed by atoms with Crippen LogP contribution in [-0.4, -0.2) is 38.1 Å². The second-order valence-electron chi connectivity index (χ2n) is 4.17. The van der Waals surface area contributed by atoms with E-state index in [4.69, 9.17) is 6.42 Å². The van der Waals surface area contributed by atoms with Gasteiger partial charge in [0, 0.05) is 13.0 Å². The van der Waals surface area contributed by atoms with Gasteiger partial charge in [-0.25, -0.2) is 0 Å². The molecule has 0 bridgehead atoms. The van der Waals surface area contributed by atoms with E-state index in [-0.39, 0.29) is 0 Å². The summed E-state index contributed by atoms with van der Waals surface area (Å²) >= 11 is 0. The average molecular weight is 194 g/mol. The molecule has 14 heavy (non-hydrogen) atoms. The predicted molar refractivity (Wildman–Crippen MR) is 61.2 cm³/mol. The SMILES string of the molecule is C#CCCCN1CCCC(CNC)C1. The van der Waals surface area contributed by atoms with Gasteiger partial charge in [-0.1, -0.05) is 0 Å². The van der Waals surface area contributed by atoms with Crippen LogP contribution in [0.5, 0.6) is 0 Å². The number of terminal acetylenes is 1. The normalized spacial score (nSPS) is 23.3. The lowest BCUT2D eigenvalue weighted by Gasteiger charge is -2.32. The lowest BCUT2D eigenvalue weighted by atomic mass is 9.98. The van der Waals surface area contributed by atoms with Gasteiger partial charge in [-0.15, -0.1) is 12.3 Å². The molecule has 1 unspecified atom stereocenters. The van der Waals surface area contributed by atoms with Gasteiger partial charge in [0.25, 0.3) is 0 Å². The zero-order valence-electron chi connectivity index (χ0n) is 9.26. The molecule has 0 spiro atoms. The summed E-state index contributed by atoms with van der Waals surface area (Å²) in [5, 5.41) is 3.27. The van der Waals surface area contributed by atoms with Crippen molar-refractivity contribution in [3.05, 3.63) is 0 Å². The van der Waals surface area contributed by atoms with Gasteiger partial charge in [0.05, 0.1) is 0 Å². The number of piperidine rings is 1. The molecule has 0 saturated carbocycles. The van der Waals surface area contributed by atoms with E-state index in [1.807, 2.05) is 7.05 Å². The van der Waals surface area contributed by atoms with E-state index in [0.717, 1.165) is 25.3 Å². The minimum absolute atomic E-state index is 0.847. The van der Waals surface area contributed by atoms with Gasteiger partial charge in [-0.2, -0.15) is 0 Å². The molecule has 80 valence electrons. The molecule has 1 N–H and O–H groups in total. The summed E-state index contributed by atoms with van der Waals surface area (Å²) in [6.07, 6.45) is 10.1. The highest BCUT2D eigenvalue weighted by molar-refractivity contribution is 4.84. The van der Waals surface area contributed by atoms with Gasteiger partial charge in [0.15, 0.2) is 0 Å². The standard InChI is InChI=1S/C12H22N2/c1-3-4-5-8-14-9-6-7-12(11-14)10-13-2/h1,12-13H,4-11H2,2H3. The van der Waals surface area contributed by atoms with Crippen LogP contribution in [0, 0.1) is 18.3 Å². The summed E-state index contributed by atoms with van der Waals surface area (Å²) in [6.45, 7) is 4.87. The molecule has 2 heteroatoms. The first kappa shape index (κ1) is 11.6. The Morgan fingerprint density at radius 2 is 2.43 bits per heavy atom. The molecule has 0 aliphatic carbocycles. The molecule has 1 heterocycles. The number of nitrogens with zero attached hydrogens (tertiary/aromatic N) is 1. The Labute approximate surface area is 88.1 Å². The second-order valence-corrected chi connectivity index (χ2v) is 4.17. The van der Waals surface area contributed by atoms with E-state index in [1.54, 1.807) is 0 Å². The topological polar surface area (TPSA) is 15.3 Å². The Balaban J connectivity index is 2.16. The van der Waals surface area contributed by atoms with Gasteiger partial charge >= 0.3 is 0 Å². The van der Waals surface area contributed by atoms with Crippen molar-refractivity contribution in [1.82, 2.24) is 10.2 Å². The smallest absolute Gasteiger partial charge is 0.00982 e. The van der Waals surface area contributed by atoms with E-state index in [1.165, 1.54) is 32.5 Å². The van der Waals surface area contributed by atoms with Gasteiger partial charge in [0.1, 0.15) is 0 Å². The van der Waals surface area contributed by atoms with Crippen LogP contribution < -0.4 is 5.32 Å². The van der Waals surface area contributed by atoms with Crippen LogP contribution in [0.3, 0.4) is 0 Å². The molecule has 0 aromatic rings. The summed E-state index contributed by atoms with van der Waals surface area (Å²) in [7, 11) is 2.04. The van der Waals surface area contributed by atoms with Gasteiger partial charge in [0.2, 0.25) is 0 Å². The van der Waals surface area contributed by atoms with Gasteiger partial charge in [-0.3, -0.25) is 0 Å². The van der Waals surface area contributed by atoms with Crippen molar-refractivity contribution in [1.29, 1.82) is 0 Å². The molecule has 1 atom stereocenters. The molecular weight excluding hydrogens is 172 g/mol. The van der Waals surface area contributed by atoms with Crippen molar-refractivity contribution in [2.75, 3.05) is 33.2 Å². The maximum absolute atomic E-state index is 5.24. The number of nitrogens with one attached hydrogen (secondary N) is 1. The Morgan fingerprint density at radius 1 is 1.57 bits per heavy atom. The predicted octanol–water partition coefficient (Wildman–Crippen LogP) is 1.33. The fourth-order valence-electron chi connectivity index (χ4n) is 2.21. The van der Waals surface area contributed by atoms with Crippen LogP contribution in [0.15, 0.2) is 0 Å². The Kier molecular flexibility index (Phi) is 5.66. The largest absolute Gasteiger partial charge is 0.319 e. The Bertz CT molecular complexity index is 181. The maximum Gasteiger partial charge on any atom is 0.00982 e. The first-order valence-electron chi connectivity index (χ1n) is 5.67. The van der Waals surface area contributed by atoms with E-state index < -0.39 is 0 Å². The highest BCUT2D eigenvalue weighted by Gasteiger charge is 2.18. The monoisotopic (exact) mass is 194 g/mol. The van der Waals surface area contributed by atoms with E-state index in [2.05, 4.69) is 16.1 Å². The molecule has 0 radical (unpaired) electrons. The quantitative estimate of drug-likeness (QED) is 0.525. The number of unbranched alkanes of at least 4 members (excludes halogenated alkanes) is 1. The van der Waals surface area contributed by atoms with Crippen molar-refractivity contribution in [3.8, 4) is 12.3 Å². The highest BCUT2D eigenvalue weighted by Crippen LogP contribution is 2.15. The van der Waals surface area contributed by atoms with Crippen LogP contribution in [0.1, 0.15) is 25.7 Å². The summed E-state index contributed by atoms with van der Waals surface area (Å²) in [6, 6.07) is 0. The van der Waals surface area contributed by atoms with Crippen molar-refractivity contribution in [2.24, 2.45) is 5.92 Å². The number of hydrogen-bond donors (Lipinski definition) is 1. The van der Waals surface area contributed by atoms with Crippen molar-refractivity contribution < 1.29 is 0 Å². The van der Waals surface area contributed by atoms with E-state index in [9.17, 15) is 0 Å². The van der Waals surface area contributed by atoms with Gasteiger partial charge in [-0.05, 0) is 51.9 Å². The lowest BCUT2D eigenvalue weighted by molar-refractivity contribution is 0.173. The molecule has 1 aliphatic rings. The number of rotatable bonds is 5. The third-order valence-corrected chi connectivity index (χ3v) is 2.89. The van der Waals surface area contributed by atoms with Crippen molar-refractivity contribution in [2.45, 2.75) is 25.7 Å². The highest BCUT2D eigenvalue weighted by atomic mass is 15.1. The van der Waals surface area contributed by atoms with Crippen LogP contribution in [0.25, 0.3) is 0 Å². The van der Waals surface area contributed by atoms with Crippen LogP contribution in [0.2, 0.25) is 0 Å². The molecule has 2 nitrogen and oxygen atoms in total. The van der Waals surface area contributed by atoms with Crippen molar-refractivity contribution in [3.63, 3.8) is 0 Å². The average Bonchev–Trinajstić information content (AvgIpc) is 2.19. The summed E-state index contributed by atoms with van der Waals surface area (Å²) in [5.41, 5.74) is 0. The Morgan fingerprint density at radius 3 is 3.14 bits per heavy atom. The van der Waals surface area contributed by atoms with E-state index in [0.29, 0.717) is 0 Å². The summed E-state index contributed by atoms with van der Waals surface area (Å²) in [4.78, 5) is 2.56. The van der Waals surface area contributed by atoms with E-state index >= 15 is 0 Å². The first-order chi connectivity index (χ1) is 6.86. The number of hydrogen-bond acceptors (Lipinski definition) is 2. The first-order valence-corrected chi connectivity index (χ1v) is 5.67. The van der Waals surface area contributed by atoms with Crippen LogP contribution in [0.4, 0.5) is 0 Å². The van der Waals surface area contributed by atoms with Crippen molar-refractivity contribution >= 4 is 0 Å². The molecule has 1 rings (SSSR count). The van der Waals surface area contributed by atoms with Gasteiger partial charge < -0.3 is 10.2 Å². The zero-order valence-corrected chi connectivity index (χ0v) is 9.26. The molecule has 1 aliphatic heterocycles. The fourth-order valence-corrected chi connectivity index (χ4v) is 2.21. The summed E-state index contributed by atoms with van der Waals surface area (Å²) in [5.74, 6) is 3.55. The summed E-state index contributed by atoms with van der Waals surface area (Å²) < 4.78 is 0. The Hall–Kier alpha value is -0.520. The molecule has 0 aromatic carbocycles. The van der Waals surface area contributed by atoms with Crippen LogP contribution >= 0.6 is 0 Å². The fraction of sp³-hybridized carbons (Fsp3) is 0.833. The molecule has 1 fully saturated rings. The second kappa shape index (κ2) is 6.86. The minimum Gasteiger partial charge on any atom is -0.319 e. The lowest BCUT2D eigenvalue weighted by Crippen LogP contribution is -2.39. The molecular formula is C12H22N2. The zero-order chi connectivity index (χ0) is 10.2. The maximum atomic E-state index is 5.24. The molecule has 1 saturated heterocycles. The third-order valence-electron chi connectivity index (χ3n) is 2.89. The third kappa shape index (κ3) is 4.13. The minimum atomic E-state index is 0.847. The molecule has 0 aromatic heterocycles. The number of likely N-dealkylation sites (tertiary alicyclic amines) is 1.